The van der Waals surface area contributed by atoms with E-state index in [0.717, 1.165) is 34.2 Å². The smallest absolute Gasteiger partial charge is 0.267 e. The molecular formula is C17H19N3OS. The molecule has 0 N–H and O–H groups in total. The summed E-state index contributed by atoms with van der Waals surface area (Å²) in [6.07, 6.45) is 5.33. The molecule has 0 amide bonds. The van der Waals surface area contributed by atoms with Gasteiger partial charge in [-0.25, -0.2) is 4.68 Å². The van der Waals surface area contributed by atoms with E-state index < -0.39 is 0 Å². The molecule has 0 saturated carbocycles. The Morgan fingerprint density at radius 2 is 2.18 bits per heavy atom. The standard InChI is InChI=1S/C17H19N3OS/c1-11(2)7-15-16-14(17(21)20(3)19-15)9-13(22-16)8-12-5-4-6-18-10-12/h4-6,9-11H,7-8H2,1-3H3. The predicted molar refractivity (Wildman–Crippen MR) is 90.4 cm³/mol. The number of hydrogen-bond donors (Lipinski definition) is 0. The van der Waals surface area contributed by atoms with Crippen molar-refractivity contribution in [2.75, 3.05) is 0 Å². The van der Waals surface area contributed by atoms with Gasteiger partial charge in [0.05, 0.1) is 15.8 Å². The lowest BCUT2D eigenvalue weighted by Crippen LogP contribution is -2.21. The molecular weight excluding hydrogens is 294 g/mol. The Kier molecular flexibility index (Phi) is 4.07. The molecule has 0 atom stereocenters. The van der Waals surface area contributed by atoms with E-state index in [9.17, 15) is 4.79 Å². The Bertz CT molecular complexity index is 849. The number of hydrogen-bond acceptors (Lipinski definition) is 4. The molecule has 0 saturated heterocycles. The average Bonchev–Trinajstić information content (AvgIpc) is 2.89. The van der Waals surface area contributed by atoms with Gasteiger partial charge in [0.25, 0.3) is 5.56 Å². The van der Waals surface area contributed by atoms with Crippen LogP contribution in [0, 0.1) is 5.92 Å². The minimum atomic E-state index is -0.0174. The van der Waals surface area contributed by atoms with Gasteiger partial charge in [0.1, 0.15) is 0 Å². The van der Waals surface area contributed by atoms with Gasteiger partial charge in [-0.1, -0.05) is 19.9 Å². The van der Waals surface area contributed by atoms with Crippen LogP contribution < -0.4 is 5.56 Å². The van der Waals surface area contributed by atoms with E-state index >= 15 is 0 Å². The highest BCUT2D eigenvalue weighted by atomic mass is 32.1. The number of aryl methyl sites for hydroxylation is 1. The van der Waals surface area contributed by atoms with Crippen LogP contribution in [0.1, 0.15) is 30.0 Å². The van der Waals surface area contributed by atoms with Crippen LogP contribution in [0.25, 0.3) is 10.1 Å². The summed E-state index contributed by atoms with van der Waals surface area (Å²) in [7, 11) is 1.73. The Hall–Kier alpha value is -2.01. The zero-order valence-electron chi connectivity index (χ0n) is 13.0. The number of thiophene rings is 1. The van der Waals surface area contributed by atoms with Crippen LogP contribution in [0.2, 0.25) is 0 Å². The maximum Gasteiger partial charge on any atom is 0.275 e. The monoisotopic (exact) mass is 313 g/mol. The SMILES string of the molecule is CC(C)Cc1nn(C)c(=O)c2cc(Cc3cccnc3)sc12. The fourth-order valence-electron chi connectivity index (χ4n) is 2.57. The molecule has 0 radical (unpaired) electrons. The van der Waals surface area contributed by atoms with E-state index in [1.165, 1.54) is 9.56 Å². The second kappa shape index (κ2) is 6.01. The fraction of sp³-hybridized carbons (Fsp3) is 0.353. The number of nitrogens with zero attached hydrogens (tertiary/aromatic N) is 3. The predicted octanol–water partition coefficient (Wildman–Crippen LogP) is 3.18. The summed E-state index contributed by atoms with van der Waals surface area (Å²) in [6, 6.07) is 6.01. The molecule has 0 unspecified atom stereocenters. The molecule has 0 aliphatic heterocycles. The van der Waals surface area contributed by atoms with E-state index in [1.54, 1.807) is 24.6 Å². The first-order chi connectivity index (χ1) is 10.5. The van der Waals surface area contributed by atoms with Crippen LogP contribution in [0.5, 0.6) is 0 Å². The van der Waals surface area contributed by atoms with Crippen LogP contribution >= 0.6 is 11.3 Å². The Labute approximate surface area is 133 Å². The van der Waals surface area contributed by atoms with Crippen molar-refractivity contribution in [3.8, 4) is 0 Å². The average molecular weight is 313 g/mol. The summed E-state index contributed by atoms with van der Waals surface area (Å²) < 4.78 is 2.50. The molecule has 0 bridgehead atoms. The second-order valence-corrected chi connectivity index (χ2v) is 7.10. The molecule has 0 aliphatic rings. The van der Waals surface area contributed by atoms with Gasteiger partial charge in [-0.15, -0.1) is 11.3 Å². The minimum absolute atomic E-state index is 0.0174. The van der Waals surface area contributed by atoms with Crippen LogP contribution in [0.15, 0.2) is 35.4 Å². The van der Waals surface area contributed by atoms with Crippen molar-refractivity contribution < 1.29 is 0 Å². The molecule has 0 aromatic carbocycles. The minimum Gasteiger partial charge on any atom is -0.267 e. The first kappa shape index (κ1) is 14.9. The van der Waals surface area contributed by atoms with Crippen molar-refractivity contribution in [1.29, 1.82) is 0 Å². The van der Waals surface area contributed by atoms with Crippen LogP contribution in [-0.2, 0) is 19.9 Å². The summed E-state index contributed by atoms with van der Waals surface area (Å²) >= 11 is 1.68. The third kappa shape index (κ3) is 2.95. The molecule has 0 aliphatic carbocycles. The Morgan fingerprint density at radius 3 is 2.86 bits per heavy atom. The highest BCUT2D eigenvalue weighted by Gasteiger charge is 2.14. The van der Waals surface area contributed by atoms with Gasteiger partial charge < -0.3 is 0 Å². The summed E-state index contributed by atoms with van der Waals surface area (Å²) in [4.78, 5) is 17.7. The van der Waals surface area contributed by atoms with Crippen molar-refractivity contribution in [2.24, 2.45) is 13.0 Å². The molecule has 4 nitrogen and oxygen atoms in total. The number of aromatic nitrogens is 3. The van der Waals surface area contributed by atoms with Crippen LogP contribution in [0.4, 0.5) is 0 Å². The summed E-state index contributed by atoms with van der Waals surface area (Å²) in [5.41, 5.74) is 2.16. The summed E-state index contributed by atoms with van der Waals surface area (Å²) in [6.45, 7) is 4.34. The van der Waals surface area contributed by atoms with E-state index in [2.05, 4.69) is 30.0 Å². The first-order valence-corrected chi connectivity index (χ1v) is 8.23. The van der Waals surface area contributed by atoms with Gasteiger partial charge in [-0.05, 0) is 30.0 Å². The molecule has 22 heavy (non-hydrogen) atoms. The molecule has 3 aromatic heterocycles. The lowest BCUT2D eigenvalue weighted by atomic mass is 10.1. The molecule has 3 heterocycles. The molecule has 3 aromatic rings. The van der Waals surface area contributed by atoms with Crippen LogP contribution in [-0.4, -0.2) is 14.8 Å². The molecule has 0 fully saturated rings. The van der Waals surface area contributed by atoms with E-state index in [0.29, 0.717) is 5.92 Å². The maximum absolute atomic E-state index is 12.3. The third-order valence-corrected chi connectivity index (χ3v) is 4.73. The zero-order valence-corrected chi connectivity index (χ0v) is 13.9. The quantitative estimate of drug-likeness (QED) is 0.743. The van der Waals surface area contributed by atoms with Gasteiger partial charge in [-0.3, -0.25) is 9.78 Å². The van der Waals surface area contributed by atoms with Crippen molar-refractivity contribution in [3.63, 3.8) is 0 Å². The molecule has 3 rings (SSSR count). The van der Waals surface area contributed by atoms with E-state index in [1.807, 2.05) is 18.3 Å². The number of rotatable bonds is 4. The fourth-order valence-corrected chi connectivity index (χ4v) is 3.75. The van der Waals surface area contributed by atoms with Gasteiger partial charge in [-0.2, -0.15) is 5.10 Å². The second-order valence-electron chi connectivity index (χ2n) is 5.97. The molecule has 5 heteroatoms. The van der Waals surface area contributed by atoms with Crippen molar-refractivity contribution in [3.05, 3.63) is 57.1 Å². The van der Waals surface area contributed by atoms with Gasteiger partial charge >= 0.3 is 0 Å². The number of pyridine rings is 1. The largest absolute Gasteiger partial charge is 0.275 e. The molecule has 114 valence electrons. The van der Waals surface area contributed by atoms with E-state index in [4.69, 9.17) is 0 Å². The summed E-state index contributed by atoms with van der Waals surface area (Å²) in [5, 5.41) is 5.25. The van der Waals surface area contributed by atoms with E-state index in [-0.39, 0.29) is 5.56 Å². The lowest BCUT2D eigenvalue weighted by molar-refractivity contribution is 0.606. The zero-order chi connectivity index (χ0) is 15.7. The normalized spacial score (nSPS) is 11.5. The maximum atomic E-state index is 12.3. The summed E-state index contributed by atoms with van der Waals surface area (Å²) in [5.74, 6) is 0.511. The highest BCUT2D eigenvalue weighted by molar-refractivity contribution is 7.19. The molecule has 0 spiro atoms. The first-order valence-electron chi connectivity index (χ1n) is 7.42. The number of fused-ring (bicyclic) bond motifs is 1. The van der Waals surface area contributed by atoms with Crippen molar-refractivity contribution in [2.45, 2.75) is 26.7 Å². The van der Waals surface area contributed by atoms with Gasteiger partial charge in [0.2, 0.25) is 0 Å². The Morgan fingerprint density at radius 1 is 1.36 bits per heavy atom. The topological polar surface area (TPSA) is 47.8 Å². The third-order valence-electron chi connectivity index (χ3n) is 3.54. The van der Waals surface area contributed by atoms with Crippen LogP contribution in [0.3, 0.4) is 0 Å². The van der Waals surface area contributed by atoms with Gasteiger partial charge in [0.15, 0.2) is 0 Å². The van der Waals surface area contributed by atoms with Crippen molar-refractivity contribution >= 4 is 21.4 Å². The van der Waals surface area contributed by atoms with Crippen molar-refractivity contribution in [1.82, 2.24) is 14.8 Å². The van der Waals surface area contributed by atoms with Gasteiger partial charge in [0, 0.05) is 30.7 Å². The lowest BCUT2D eigenvalue weighted by Gasteiger charge is -2.06. The highest BCUT2D eigenvalue weighted by Crippen LogP contribution is 2.28. The Balaban J connectivity index is 2.08.